The van der Waals surface area contributed by atoms with E-state index in [0.29, 0.717) is 25.6 Å². The molecule has 0 unspecified atom stereocenters. The molecular formula is C22H32N2O5. The molecule has 1 fully saturated rings. The van der Waals surface area contributed by atoms with Gasteiger partial charge < -0.3 is 24.0 Å². The van der Waals surface area contributed by atoms with Crippen LogP contribution in [0.4, 0.5) is 9.59 Å². The molecule has 7 nitrogen and oxygen atoms in total. The van der Waals surface area contributed by atoms with Crippen LogP contribution in [-0.4, -0.2) is 61.4 Å². The van der Waals surface area contributed by atoms with Crippen LogP contribution in [0.2, 0.25) is 0 Å². The normalized spacial score (nSPS) is 17.1. The second-order valence-electron chi connectivity index (χ2n) is 8.07. The summed E-state index contributed by atoms with van der Waals surface area (Å²) in [5, 5.41) is 0. The number of fused-ring (bicyclic) bond motifs is 1. The van der Waals surface area contributed by atoms with Gasteiger partial charge in [0.05, 0.1) is 19.8 Å². The summed E-state index contributed by atoms with van der Waals surface area (Å²) in [5.74, 6) is 1.46. The van der Waals surface area contributed by atoms with E-state index in [0.717, 1.165) is 50.1 Å². The number of amides is 2. The number of hydrogen-bond acceptors (Lipinski definition) is 5. The first-order valence-corrected chi connectivity index (χ1v) is 10.5. The van der Waals surface area contributed by atoms with Gasteiger partial charge in [0.25, 0.3) is 0 Å². The molecule has 3 rings (SSSR count). The van der Waals surface area contributed by atoms with Crippen molar-refractivity contribution in [3.63, 3.8) is 0 Å². The van der Waals surface area contributed by atoms with E-state index in [9.17, 15) is 9.59 Å². The lowest BCUT2D eigenvalue weighted by Crippen LogP contribution is -2.39. The predicted octanol–water partition coefficient (Wildman–Crippen LogP) is 3.84. The van der Waals surface area contributed by atoms with Crippen molar-refractivity contribution in [1.29, 1.82) is 0 Å². The van der Waals surface area contributed by atoms with Gasteiger partial charge in [0.1, 0.15) is 5.75 Å². The number of carbonyl (C=O) groups is 2. The molecule has 2 amide bonds. The first-order chi connectivity index (χ1) is 14.0. The summed E-state index contributed by atoms with van der Waals surface area (Å²) in [6.45, 7) is 7.18. The van der Waals surface area contributed by atoms with Gasteiger partial charge in [-0.3, -0.25) is 0 Å². The number of nitrogens with zero attached hydrogens (tertiary/aromatic N) is 2. The molecule has 1 aromatic carbocycles. The van der Waals surface area contributed by atoms with Crippen molar-refractivity contribution >= 4 is 12.2 Å². The van der Waals surface area contributed by atoms with Crippen molar-refractivity contribution in [2.24, 2.45) is 5.92 Å². The largest absolute Gasteiger partial charge is 0.494 e. The Labute approximate surface area is 172 Å². The van der Waals surface area contributed by atoms with Gasteiger partial charge >= 0.3 is 12.2 Å². The van der Waals surface area contributed by atoms with E-state index in [1.807, 2.05) is 26.0 Å². The van der Waals surface area contributed by atoms with Crippen LogP contribution < -0.4 is 4.74 Å². The molecule has 29 heavy (non-hydrogen) atoms. The Bertz CT molecular complexity index is 713. The Morgan fingerprint density at radius 2 is 1.83 bits per heavy atom. The summed E-state index contributed by atoms with van der Waals surface area (Å²) in [6.07, 6.45) is 3.23. The molecule has 2 aliphatic heterocycles. The SMILES string of the molecule is COC(=O)N1CCc2cc(OCCC3CCN(C(=O)OC(C)C)CC3)ccc2C1. The molecule has 0 bridgehead atoms. The van der Waals surface area contributed by atoms with Gasteiger partial charge in [0, 0.05) is 26.2 Å². The molecule has 0 radical (unpaired) electrons. The summed E-state index contributed by atoms with van der Waals surface area (Å²) in [5.41, 5.74) is 2.38. The minimum atomic E-state index is -0.278. The molecule has 0 saturated carbocycles. The highest BCUT2D eigenvalue weighted by atomic mass is 16.6. The first-order valence-electron chi connectivity index (χ1n) is 10.5. The number of likely N-dealkylation sites (tertiary alicyclic amines) is 1. The molecule has 160 valence electrons. The summed E-state index contributed by atoms with van der Waals surface area (Å²) in [4.78, 5) is 27.2. The maximum Gasteiger partial charge on any atom is 0.410 e. The van der Waals surface area contributed by atoms with Crippen molar-refractivity contribution in [3.8, 4) is 5.75 Å². The minimum absolute atomic E-state index is 0.0752. The average Bonchev–Trinajstić information content (AvgIpc) is 2.72. The van der Waals surface area contributed by atoms with Crippen LogP contribution in [0.5, 0.6) is 5.75 Å². The maximum atomic E-state index is 12.0. The number of ether oxygens (including phenoxy) is 3. The minimum Gasteiger partial charge on any atom is -0.494 e. The fraction of sp³-hybridized carbons (Fsp3) is 0.636. The highest BCUT2D eigenvalue weighted by Gasteiger charge is 2.24. The summed E-state index contributed by atoms with van der Waals surface area (Å²) in [7, 11) is 1.41. The van der Waals surface area contributed by atoms with Crippen LogP contribution in [0.15, 0.2) is 18.2 Å². The standard InChI is InChI=1S/C22H32N2O5/c1-16(2)29-22(26)23-10-6-17(7-11-23)9-13-28-20-5-4-19-15-24(21(25)27-3)12-8-18(19)14-20/h4-5,14,16-17H,6-13,15H2,1-3H3. The number of benzene rings is 1. The van der Waals surface area contributed by atoms with Crippen LogP contribution in [0.1, 0.15) is 44.2 Å². The van der Waals surface area contributed by atoms with Crippen molar-refractivity contribution < 1.29 is 23.8 Å². The van der Waals surface area contributed by atoms with Gasteiger partial charge in [-0.25, -0.2) is 9.59 Å². The number of hydrogen-bond donors (Lipinski definition) is 0. The molecular weight excluding hydrogens is 372 g/mol. The van der Waals surface area contributed by atoms with E-state index >= 15 is 0 Å². The van der Waals surface area contributed by atoms with Gasteiger partial charge in [0.2, 0.25) is 0 Å². The monoisotopic (exact) mass is 404 g/mol. The number of methoxy groups -OCH3 is 1. The molecule has 1 aromatic rings. The summed E-state index contributed by atoms with van der Waals surface area (Å²) >= 11 is 0. The second kappa shape index (κ2) is 9.85. The third-order valence-corrected chi connectivity index (χ3v) is 5.63. The highest BCUT2D eigenvalue weighted by molar-refractivity contribution is 5.68. The van der Waals surface area contributed by atoms with Crippen LogP contribution in [0.25, 0.3) is 0 Å². The van der Waals surface area contributed by atoms with Crippen molar-refractivity contribution in [1.82, 2.24) is 9.80 Å². The second-order valence-corrected chi connectivity index (χ2v) is 8.07. The van der Waals surface area contributed by atoms with Gasteiger partial charge in [-0.1, -0.05) is 6.07 Å². The Hall–Kier alpha value is -2.44. The fourth-order valence-electron chi connectivity index (χ4n) is 3.93. The summed E-state index contributed by atoms with van der Waals surface area (Å²) in [6, 6.07) is 6.11. The van der Waals surface area contributed by atoms with Crippen LogP contribution >= 0.6 is 0 Å². The molecule has 2 aliphatic rings. The van der Waals surface area contributed by atoms with E-state index in [4.69, 9.17) is 14.2 Å². The quantitative estimate of drug-likeness (QED) is 0.746. The average molecular weight is 405 g/mol. The van der Waals surface area contributed by atoms with Crippen molar-refractivity contribution in [2.75, 3.05) is 33.4 Å². The van der Waals surface area contributed by atoms with Crippen LogP contribution in [-0.2, 0) is 22.4 Å². The zero-order valence-corrected chi connectivity index (χ0v) is 17.7. The molecule has 0 aliphatic carbocycles. The third kappa shape index (κ3) is 5.78. The summed E-state index contributed by atoms with van der Waals surface area (Å²) < 4.78 is 16.1. The lowest BCUT2D eigenvalue weighted by atomic mass is 9.94. The number of carbonyl (C=O) groups excluding carboxylic acids is 2. The molecule has 7 heteroatoms. The van der Waals surface area contributed by atoms with E-state index in [1.54, 1.807) is 9.80 Å². The molecule has 1 saturated heterocycles. The zero-order valence-electron chi connectivity index (χ0n) is 17.7. The lowest BCUT2D eigenvalue weighted by molar-refractivity contribution is 0.0637. The number of rotatable bonds is 5. The maximum absolute atomic E-state index is 12.0. The van der Waals surface area contributed by atoms with Crippen molar-refractivity contribution in [2.45, 2.75) is 52.2 Å². The first kappa shape index (κ1) is 21.3. The smallest absolute Gasteiger partial charge is 0.410 e. The molecule has 0 N–H and O–H groups in total. The number of piperidine rings is 1. The Balaban J connectivity index is 1.41. The van der Waals surface area contributed by atoms with E-state index in [-0.39, 0.29) is 18.3 Å². The van der Waals surface area contributed by atoms with Gasteiger partial charge in [-0.15, -0.1) is 0 Å². The molecule has 0 spiro atoms. The van der Waals surface area contributed by atoms with Crippen LogP contribution in [0, 0.1) is 5.92 Å². The van der Waals surface area contributed by atoms with Crippen molar-refractivity contribution in [3.05, 3.63) is 29.3 Å². The van der Waals surface area contributed by atoms with E-state index < -0.39 is 0 Å². The predicted molar refractivity (Wildman–Crippen MR) is 109 cm³/mol. The Kier molecular flexibility index (Phi) is 7.23. The van der Waals surface area contributed by atoms with Gasteiger partial charge in [-0.05, 0) is 68.7 Å². The van der Waals surface area contributed by atoms with Gasteiger partial charge in [-0.2, -0.15) is 0 Å². The zero-order chi connectivity index (χ0) is 20.8. The molecule has 0 aromatic heterocycles. The fourth-order valence-corrected chi connectivity index (χ4v) is 3.93. The molecule has 0 atom stereocenters. The van der Waals surface area contributed by atoms with Gasteiger partial charge in [0.15, 0.2) is 0 Å². The Morgan fingerprint density at radius 3 is 2.52 bits per heavy atom. The van der Waals surface area contributed by atoms with E-state index in [2.05, 4.69) is 6.07 Å². The Morgan fingerprint density at radius 1 is 1.07 bits per heavy atom. The third-order valence-electron chi connectivity index (χ3n) is 5.63. The highest BCUT2D eigenvalue weighted by Crippen LogP contribution is 2.26. The lowest BCUT2D eigenvalue weighted by Gasteiger charge is -2.31. The molecule has 2 heterocycles. The topological polar surface area (TPSA) is 68.3 Å². The van der Waals surface area contributed by atoms with Crippen LogP contribution in [0.3, 0.4) is 0 Å². The van der Waals surface area contributed by atoms with E-state index in [1.165, 1.54) is 12.7 Å².